The normalized spacial score (nSPS) is 11.0. The molecule has 0 aliphatic rings. The Morgan fingerprint density at radius 3 is 1.49 bits per heavy atom. The fourth-order valence-electron chi connectivity index (χ4n) is 3.42. The van der Waals surface area contributed by atoms with Gasteiger partial charge in [0.2, 0.25) is 0 Å². The molecule has 0 unspecified atom stereocenters. The van der Waals surface area contributed by atoms with Crippen molar-refractivity contribution in [1.82, 2.24) is 0 Å². The van der Waals surface area contributed by atoms with Gasteiger partial charge in [-0.1, -0.05) is 39.0 Å². The summed E-state index contributed by atoms with van der Waals surface area (Å²) in [5, 5.41) is 10.6. The highest BCUT2D eigenvalue weighted by molar-refractivity contribution is 5.69. The molecule has 0 spiro atoms. The van der Waals surface area contributed by atoms with E-state index < -0.39 is 4.92 Å². The average Bonchev–Trinajstić information content (AvgIpc) is 2.97. The van der Waals surface area contributed by atoms with Crippen LogP contribution in [0.15, 0.2) is 24.3 Å². The van der Waals surface area contributed by atoms with E-state index in [0.29, 0.717) is 98.1 Å². The van der Waals surface area contributed by atoms with Gasteiger partial charge < -0.3 is 37.9 Å². The fourth-order valence-corrected chi connectivity index (χ4v) is 3.42. The van der Waals surface area contributed by atoms with Crippen LogP contribution in [0.1, 0.15) is 51.9 Å². The first kappa shape index (κ1) is 36.7. The van der Waals surface area contributed by atoms with Crippen molar-refractivity contribution in [1.29, 1.82) is 0 Å². The lowest BCUT2D eigenvalue weighted by atomic mass is 10.1. The molecule has 0 atom stereocenters. The molecule has 12 heteroatoms. The molecule has 0 aromatic heterocycles. The van der Waals surface area contributed by atoms with Gasteiger partial charge in [0.25, 0.3) is 5.69 Å². The molecule has 12 nitrogen and oxygen atoms in total. The third-order valence-electron chi connectivity index (χ3n) is 5.63. The second kappa shape index (κ2) is 27.8. The van der Waals surface area contributed by atoms with Gasteiger partial charge in [-0.2, -0.15) is 0 Å². The van der Waals surface area contributed by atoms with Crippen LogP contribution in [0.3, 0.4) is 0 Å². The number of carbonyl (C=O) groups is 1. The van der Waals surface area contributed by atoms with E-state index in [9.17, 15) is 14.9 Å². The highest BCUT2D eigenvalue weighted by atomic mass is 16.6. The van der Waals surface area contributed by atoms with Gasteiger partial charge in [0.1, 0.15) is 19.0 Å². The third kappa shape index (κ3) is 24.0. The number of hydrogen-bond acceptors (Lipinski definition) is 11. The molecule has 1 aromatic carbocycles. The van der Waals surface area contributed by atoms with Gasteiger partial charge in [-0.05, 0) is 18.6 Å². The number of ether oxygens (including phenoxy) is 8. The Morgan fingerprint density at radius 2 is 1.02 bits per heavy atom. The fraction of sp³-hybridized carbons (Fsp3) is 0.759. The summed E-state index contributed by atoms with van der Waals surface area (Å²) in [6, 6.07) is 5.90. The predicted molar refractivity (Wildman–Crippen MR) is 152 cm³/mol. The Bertz CT molecular complexity index is 749. The lowest BCUT2D eigenvalue weighted by Gasteiger charge is -2.09. The Hall–Kier alpha value is -2.35. The van der Waals surface area contributed by atoms with Gasteiger partial charge >= 0.3 is 5.97 Å². The smallest absolute Gasteiger partial charge is 0.305 e. The lowest BCUT2D eigenvalue weighted by Crippen LogP contribution is -2.15. The van der Waals surface area contributed by atoms with Crippen LogP contribution in [0.2, 0.25) is 0 Å². The lowest BCUT2D eigenvalue weighted by molar-refractivity contribution is -0.384. The third-order valence-corrected chi connectivity index (χ3v) is 5.63. The SMILES string of the molecule is CCCCCCCCC(=O)OCCOCCOCCOCCOCCOCCOCCOc1ccc([N+](=O)[O-])cc1. The molecule has 0 N–H and O–H groups in total. The summed E-state index contributed by atoms with van der Waals surface area (Å²) in [6.07, 6.45) is 7.38. The molecule has 0 bridgehead atoms. The Labute approximate surface area is 244 Å². The molecule has 0 radical (unpaired) electrons. The van der Waals surface area contributed by atoms with Crippen LogP contribution in [0.5, 0.6) is 5.75 Å². The van der Waals surface area contributed by atoms with Crippen molar-refractivity contribution < 1.29 is 47.6 Å². The zero-order chi connectivity index (χ0) is 29.6. The largest absolute Gasteiger partial charge is 0.491 e. The topological polar surface area (TPSA) is 134 Å². The summed E-state index contributed by atoms with van der Waals surface area (Å²) < 4.78 is 43.2. The van der Waals surface area contributed by atoms with E-state index in [2.05, 4.69) is 6.92 Å². The molecule has 41 heavy (non-hydrogen) atoms. The molecular formula is C29H49NO11. The average molecular weight is 588 g/mol. The molecule has 0 aliphatic carbocycles. The van der Waals surface area contributed by atoms with Gasteiger partial charge in [0.05, 0.1) is 84.2 Å². The highest BCUT2D eigenvalue weighted by Gasteiger charge is 2.04. The Kier molecular flexibility index (Phi) is 24.9. The zero-order valence-corrected chi connectivity index (χ0v) is 24.6. The highest BCUT2D eigenvalue weighted by Crippen LogP contribution is 2.17. The van der Waals surface area contributed by atoms with Crippen molar-refractivity contribution in [2.45, 2.75) is 51.9 Å². The molecule has 1 aromatic rings. The van der Waals surface area contributed by atoms with Crippen molar-refractivity contribution >= 4 is 11.7 Å². The summed E-state index contributed by atoms with van der Waals surface area (Å²) in [5.74, 6) is 0.404. The minimum atomic E-state index is -0.453. The van der Waals surface area contributed by atoms with Crippen LogP contribution >= 0.6 is 0 Å². The molecule has 236 valence electrons. The number of esters is 1. The maximum atomic E-state index is 11.6. The minimum absolute atomic E-state index is 0.0255. The summed E-state index contributed by atoms with van der Waals surface area (Å²) in [7, 11) is 0. The maximum Gasteiger partial charge on any atom is 0.305 e. The van der Waals surface area contributed by atoms with Crippen LogP contribution in [0, 0.1) is 10.1 Å². The number of unbranched alkanes of at least 4 members (excludes halogenated alkanes) is 5. The van der Waals surface area contributed by atoms with E-state index in [1.54, 1.807) is 12.1 Å². The van der Waals surface area contributed by atoms with Gasteiger partial charge in [-0.15, -0.1) is 0 Å². The number of non-ortho nitro benzene ring substituents is 1. The van der Waals surface area contributed by atoms with Crippen LogP contribution < -0.4 is 4.74 Å². The molecule has 0 aliphatic heterocycles. The van der Waals surface area contributed by atoms with Gasteiger partial charge in [-0.3, -0.25) is 14.9 Å². The maximum absolute atomic E-state index is 11.6. The number of rotatable bonds is 30. The van der Waals surface area contributed by atoms with E-state index in [0.717, 1.165) is 12.8 Å². The molecule has 1 rings (SSSR count). The second-order valence-corrected chi connectivity index (χ2v) is 9.01. The first-order chi connectivity index (χ1) is 20.1. The first-order valence-corrected chi connectivity index (χ1v) is 14.6. The number of carbonyl (C=O) groups excluding carboxylic acids is 1. The summed E-state index contributed by atoms with van der Waals surface area (Å²) in [4.78, 5) is 21.8. The molecular weight excluding hydrogens is 538 g/mol. The second-order valence-electron chi connectivity index (χ2n) is 9.01. The number of nitro benzene ring substituents is 1. The van der Waals surface area contributed by atoms with Crippen molar-refractivity contribution in [3.63, 3.8) is 0 Å². The van der Waals surface area contributed by atoms with E-state index in [4.69, 9.17) is 37.9 Å². The van der Waals surface area contributed by atoms with E-state index >= 15 is 0 Å². The van der Waals surface area contributed by atoms with E-state index in [-0.39, 0.29) is 18.3 Å². The Morgan fingerprint density at radius 1 is 0.610 bits per heavy atom. The zero-order valence-electron chi connectivity index (χ0n) is 24.6. The number of benzene rings is 1. The molecule has 0 saturated carbocycles. The Balaban J connectivity index is 1.71. The standard InChI is InChI=1S/C29H49NO11/c1-2-3-4-5-6-7-8-29(31)41-26-24-39-22-20-37-18-16-35-14-13-34-15-17-36-19-21-38-23-25-40-28-11-9-27(10-12-28)30(32)33/h9-12H,2-8,13-26H2,1H3. The van der Waals surface area contributed by atoms with E-state index in [1.165, 1.54) is 37.8 Å². The molecule has 0 fully saturated rings. The van der Waals surface area contributed by atoms with Crippen LogP contribution in [0.25, 0.3) is 0 Å². The van der Waals surface area contributed by atoms with Crippen LogP contribution in [0.4, 0.5) is 5.69 Å². The van der Waals surface area contributed by atoms with Crippen molar-refractivity contribution in [3.05, 3.63) is 34.4 Å². The van der Waals surface area contributed by atoms with Crippen LogP contribution in [-0.4, -0.2) is 103 Å². The molecule has 0 amide bonds. The summed E-state index contributed by atoms with van der Waals surface area (Å²) in [5.41, 5.74) is 0.0255. The summed E-state index contributed by atoms with van der Waals surface area (Å²) >= 11 is 0. The van der Waals surface area contributed by atoms with Gasteiger partial charge in [0, 0.05) is 18.6 Å². The number of hydrogen-bond donors (Lipinski definition) is 0. The quantitative estimate of drug-likeness (QED) is 0.0550. The number of nitro groups is 1. The predicted octanol–water partition coefficient (Wildman–Crippen LogP) is 4.37. The monoisotopic (exact) mass is 587 g/mol. The first-order valence-electron chi connectivity index (χ1n) is 14.6. The van der Waals surface area contributed by atoms with Crippen molar-refractivity contribution in [2.24, 2.45) is 0 Å². The molecule has 0 saturated heterocycles. The summed E-state index contributed by atoms with van der Waals surface area (Å²) in [6.45, 7) is 8.18. The van der Waals surface area contributed by atoms with Crippen LogP contribution in [-0.2, 0) is 38.0 Å². The number of nitrogens with zero attached hydrogens (tertiary/aromatic N) is 1. The van der Waals surface area contributed by atoms with Gasteiger partial charge in [0.15, 0.2) is 0 Å². The van der Waals surface area contributed by atoms with Crippen molar-refractivity contribution in [3.8, 4) is 5.75 Å². The van der Waals surface area contributed by atoms with Crippen molar-refractivity contribution in [2.75, 3.05) is 92.5 Å². The van der Waals surface area contributed by atoms with E-state index in [1.807, 2.05) is 0 Å². The van der Waals surface area contributed by atoms with Gasteiger partial charge in [-0.25, -0.2) is 0 Å². The molecule has 0 heterocycles. The minimum Gasteiger partial charge on any atom is -0.491 e.